The second-order valence-corrected chi connectivity index (χ2v) is 7.71. The number of benzene rings is 2. The molecule has 2 aromatic rings. The zero-order valence-electron chi connectivity index (χ0n) is 15.2. The van der Waals surface area contributed by atoms with Crippen LogP contribution in [-0.4, -0.2) is 33.2 Å². The van der Waals surface area contributed by atoms with Crippen LogP contribution in [0.5, 0.6) is 5.75 Å². The van der Waals surface area contributed by atoms with E-state index in [1.807, 2.05) is 13.0 Å². The summed E-state index contributed by atoms with van der Waals surface area (Å²) in [6.07, 6.45) is 0. The smallest absolute Gasteiger partial charge is 0.255 e. The van der Waals surface area contributed by atoms with E-state index in [1.165, 1.54) is 4.31 Å². The topological polar surface area (TPSA) is 75.7 Å². The fourth-order valence-corrected chi connectivity index (χ4v) is 3.66. The Morgan fingerprint density at radius 1 is 1.08 bits per heavy atom. The summed E-state index contributed by atoms with van der Waals surface area (Å²) in [5.74, 6) is 0.440. The number of carbonyl (C=O) groups is 1. The monoisotopic (exact) mass is 376 g/mol. The standard InChI is InChI=1S/C19H24N2O4S/c1-4-21(26(23,24)6-3)17-12-10-15(11-13-17)19(22)20-16-8-7-9-18(14-16)25-5-2/h7-14H,4-6H2,1-3H3,(H,20,22). The third-order valence-electron chi connectivity index (χ3n) is 3.81. The van der Waals surface area contributed by atoms with Crippen LogP contribution in [0.3, 0.4) is 0 Å². The maximum absolute atomic E-state index is 12.4. The molecule has 0 radical (unpaired) electrons. The lowest BCUT2D eigenvalue weighted by molar-refractivity contribution is 0.102. The number of nitrogens with zero attached hydrogens (tertiary/aromatic N) is 1. The van der Waals surface area contributed by atoms with E-state index < -0.39 is 10.0 Å². The normalized spacial score (nSPS) is 11.0. The quantitative estimate of drug-likeness (QED) is 0.765. The third kappa shape index (κ3) is 4.76. The maximum atomic E-state index is 12.4. The number of anilines is 2. The molecule has 0 aliphatic carbocycles. The molecule has 6 nitrogen and oxygen atoms in total. The van der Waals surface area contributed by atoms with Gasteiger partial charge in [0.15, 0.2) is 0 Å². The minimum absolute atomic E-state index is 0.0270. The highest BCUT2D eigenvalue weighted by atomic mass is 32.2. The number of hydrogen-bond donors (Lipinski definition) is 1. The van der Waals surface area contributed by atoms with E-state index in [9.17, 15) is 13.2 Å². The molecule has 1 amide bonds. The lowest BCUT2D eigenvalue weighted by Gasteiger charge is -2.22. The predicted octanol–water partition coefficient (Wildman–Crippen LogP) is 3.51. The number of amides is 1. The number of carbonyl (C=O) groups excluding carboxylic acids is 1. The maximum Gasteiger partial charge on any atom is 0.255 e. The summed E-state index contributed by atoms with van der Waals surface area (Å²) >= 11 is 0. The van der Waals surface area contributed by atoms with Crippen molar-refractivity contribution in [1.29, 1.82) is 0 Å². The van der Waals surface area contributed by atoms with Gasteiger partial charge in [0.2, 0.25) is 10.0 Å². The van der Waals surface area contributed by atoms with E-state index in [-0.39, 0.29) is 11.7 Å². The predicted molar refractivity (Wildman–Crippen MR) is 104 cm³/mol. The summed E-state index contributed by atoms with van der Waals surface area (Å²) in [6.45, 7) is 6.17. The van der Waals surface area contributed by atoms with Crippen LogP contribution in [0.4, 0.5) is 11.4 Å². The molecule has 7 heteroatoms. The molecular weight excluding hydrogens is 352 g/mol. The molecule has 0 atom stereocenters. The first kappa shape index (κ1) is 19.8. The molecule has 26 heavy (non-hydrogen) atoms. The second kappa shape index (κ2) is 8.71. The van der Waals surface area contributed by atoms with Gasteiger partial charge >= 0.3 is 0 Å². The van der Waals surface area contributed by atoms with Gasteiger partial charge < -0.3 is 10.1 Å². The van der Waals surface area contributed by atoms with Crippen molar-refractivity contribution in [2.75, 3.05) is 28.5 Å². The van der Waals surface area contributed by atoms with E-state index in [0.29, 0.717) is 35.8 Å². The summed E-state index contributed by atoms with van der Waals surface area (Å²) < 4.78 is 31.0. The second-order valence-electron chi connectivity index (χ2n) is 5.53. The Balaban J connectivity index is 2.15. The Morgan fingerprint density at radius 3 is 2.35 bits per heavy atom. The molecule has 2 rings (SSSR count). The van der Waals surface area contributed by atoms with Crippen LogP contribution in [0.15, 0.2) is 48.5 Å². The molecule has 140 valence electrons. The van der Waals surface area contributed by atoms with Crippen molar-refractivity contribution < 1.29 is 17.9 Å². The SMILES string of the molecule is CCOc1cccc(NC(=O)c2ccc(N(CC)S(=O)(=O)CC)cc2)c1. The van der Waals surface area contributed by atoms with Gasteiger partial charge in [0, 0.05) is 23.9 Å². The lowest BCUT2D eigenvalue weighted by Crippen LogP contribution is -2.32. The van der Waals surface area contributed by atoms with Crippen molar-refractivity contribution in [3.8, 4) is 5.75 Å². The van der Waals surface area contributed by atoms with Crippen LogP contribution < -0.4 is 14.4 Å². The number of sulfonamides is 1. The molecule has 0 fully saturated rings. The van der Waals surface area contributed by atoms with Gasteiger partial charge in [-0.05, 0) is 57.2 Å². The highest BCUT2D eigenvalue weighted by molar-refractivity contribution is 7.92. The van der Waals surface area contributed by atoms with Crippen LogP contribution in [0, 0.1) is 0 Å². The van der Waals surface area contributed by atoms with Crippen molar-refractivity contribution in [2.45, 2.75) is 20.8 Å². The zero-order valence-corrected chi connectivity index (χ0v) is 16.0. The first-order valence-electron chi connectivity index (χ1n) is 8.56. The molecule has 0 saturated carbocycles. The fraction of sp³-hybridized carbons (Fsp3) is 0.316. The van der Waals surface area contributed by atoms with Crippen molar-refractivity contribution in [3.63, 3.8) is 0 Å². The summed E-state index contributed by atoms with van der Waals surface area (Å²) in [6, 6.07) is 13.7. The summed E-state index contributed by atoms with van der Waals surface area (Å²) in [5.41, 5.74) is 1.62. The first-order chi connectivity index (χ1) is 12.4. The fourth-order valence-electron chi connectivity index (χ4n) is 2.51. The lowest BCUT2D eigenvalue weighted by atomic mass is 10.2. The van der Waals surface area contributed by atoms with Crippen LogP contribution in [0.2, 0.25) is 0 Å². The summed E-state index contributed by atoms with van der Waals surface area (Å²) in [5, 5.41) is 2.81. The molecule has 0 aliphatic heterocycles. The van der Waals surface area contributed by atoms with Crippen molar-refractivity contribution >= 4 is 27.3 Å². The van der Waals surface area contributed by atoms with Gasteiger partial charge in [-0.3, -0.25) is 9.10 Å². The largest absolute Gasteiger partial charge is 0.494 e. The molecule has 0 aromatic heterocycles. The minimum Gasteiger partial charge on any atom is -0.494 e. The van der Waals surface area contributed by atoms with E-state index in [0.717, 1.165) is 0 Å². The molecule has 0 spiro atoms. The van der Waals surface area contributed by atoms with Crippen molar-refractivity contribution in [2.24, 2.45) is 0 Å². The van der Waals surface area contributed by atoms with Crippen LogP contribution in [0.1, 0.15) is 31.1 Å². The van der Waals surface area contributed by atoms with Crippen LogP contribution >= 0.6 is 0 Å². The van der Waals surface area contributed by atoms with Gasteiger partial charge in [-0.2, -0.15) is 0 Å². The van der Waals surface area contributed by atoms with E-state index in [4.69, 9.17) is 4.74 Å². The molecule has 0 heterocycles. The molecular formula is C19H24N2O4S. The Kier molecular flexibility index (Phi) is 6.63. The van der Waals surface area contributed by atoms with Crippen LogP contribution in [-0.2, 0) is 10.0 Å². The van der Waals surface area contributed by atoms with Gasteiger partial charge in [-0.25, -0.2) is 8.42 Å². The zero-order chi connectivity index (χ0) is 19.2. The Bertz CT molecular complexity index is 848. The Hall–Kier alpha value is -2.54. The minimum atomic E-state index is -3.34. The first-order valence-corrected chi connectivity index (χ1v) is 10.2. The van der Waals surface area contributed by atoms with Crippen molar-refractivity contribution in [3.05, 3.63) is 54.1 Å². The Morgan fingerprint density at radius 2 is 1.77 bits per heavy atom. The molecule has 0 aliphatic rings. The molecule has 0 unspecified atom stereocenters. The van der Waals surface area contributed by atoms with E-state index in [2.05, 4.69) is 5.32 Å². The van der Waals surface area contributed by atoms with E-state index >= 15 is 0 Å². The highest BCUT2D eigenvalue weighted by Gasteiger charge is 2.19. The van der Waals surface area contributed by atoms with Crippen molar-refractivity contribution in [1.82, 2.24) is 0 Å². The number of nitrogens with one attached hydrogen (secondary N) is 1. The van der Waals surface area contributed by atoms with E-state index in [1.54, 1.807) is 56.3 Å². The molecule has 1 N–H and O–H groups in total. The molecule has 2 aromatic carbocycles. The third-order valence-corrected chi connectivity index (χ3v) is 5.68. The highest BCUT2D eigenvalue weighted by Crippen LogP contribution is 2.21. The van der Waals surface area contributed by atoms with Gasteiger partial charge in [0.25, 0.3) is 5.91 Å². The number of ether oxygens (including phenoxy) is 1. The summed E-state index contributed by atoms with van der Waals surface area (Å²) in [4.78, 5) is 12.4. The Labute approximate surface area is 154 Å². The average molecular weight is 376 g/mol. The molecule has 0 saturated heterocycles. The van der Waals surface area contributed by atoms with Gasteiger partial charge in [0.1, 0.15) is 5.75 Å². The average Bonchev–Trinajstić information content (AvgIpc) is 2.63. The van der Waals surface area contributed by atoms with Gasteiger partial charge in [0.05, 0.1) is 18.0 Å². The number of hydrogen-bond acceptors (Lipinski definition) is 4. The van der Waals surface area contributed by atoms with Gasteiger partial charge in [-0.1, -0.05) is 6.07 Å². The molecule has 0 bridgehead atoms. The summed E-state index contributed by atoms with van der Waals surface area (Å²) in [7, 11) is -3.34. The number of rotatable bonds is 8. The van der Waals surface area contributed by atoms with Gasteiger partial charge in [-0.15, -0.1) is 0 Å². The van der Waals surface area contributed by atoms with Crippen LogP contribution in [0.25, 0.3) is 0 Å².